The van der Waals surface area contributed by atoms with Crippen molar-refractivity contribution in [1.29, 1.82) is 0 Å². The van der Waals surface area contributed by atoms with Crippen LogP contribution in [0.4, 0.5) is 0 Å². The largest absolute Gasteiger partial charge is 0.288 e. The highest BCUT2D eigenvalue weighted by atomic mass is 35.7. The van der Waals surface area contributed by atoms with Crippen molar-refractivity contribution in [2.75, 3.05) is 30.5 Å². The predicted molar refractivity (Wildman–Crippen MR) is 57.2 cm³/mol. The highest BCUT2D eigenvalue weighted by Gasteiger charge is 2.25. The maximum Gasteiger partial charge on any atom is 0.249 e. The molecule has 0 saturated carbocycles. The van der Waals surface area contributed by atoms with Crippen LogP contribution in [0.25, 0.3) is 0 Å². The third-order valence-electron chi connectivity index (χ3n) is 1.26. The van der Waals surface area contributed by atoms with E-state index in [-0.39, 0.29) is 5.62 Å². The van der Waals surface area contributed by atoms with Crippen LogP contribution in [0.2, 0.25) is 0 Å². The third kappa shape index (κ3) is 4.55. The van der Waals surface area contributed by atoms with Crippen LogP contribution in [0.1, 0.15) is 0 Å². The van der Waals surface area contributed by atoms with Gasteiger partial charge in [-0.3, -0.25) is 4.57 Å². The van der Waals surface area contributed by atoms with Crippen LogP contribution < -0.4 is 0 Å². The SMILES string of the molecule is O=P(Cl)(CCl)N(CCCl)CCCl. The lowest BCUT2D eigenvalue weighted by Crippen LogP contribution is -2.23. The molecule has 0 aliphatic heterocycles. The van der Waals surface area contributed by atoms with E-state index in [0.717, 1.165) is 0 Å². The van der Waals surface area contributed by atoms with Crippen molar-refractivity contribution in [2.24, 2.45) is 0 Å². The number of rotatable bonds is 6. The molecule has 2 nitrogen and oxygen atoms in total. The Balaban J connectivity index is 4.17. The Morgan fingerprint density at radius 3 is 1.75 bits per heavy atom. The first-order chi connectivity index (χ1) is 5.58. The molecular weight excluding hydrogens is 263 g/mol. The number of halogens is 4. The van der Waals surface area contributed by atoms with E-state index in [1.165, 1.54) is 4.67 Å². The van der Waals surface area contributed by atoms with Crippen molar-refractivity contribution in [3.63, 3.8) is 0 Å². The van der Waals surface area contributed by atoms with Gasteiger partial charge in [-0.2, -0.15) is 0 Å². The summed E-state index contributed by atoms with van der Waals surface area (Å²) in [5, 5.41) is 0. The Labute approximate surface area is 92.3 Å². The molecule has 0 aromatic rings. The highest BCUT2D eigenvalue weighted by Crippen LogP contribution is 2.55. The normalized spacial score (nSPS) is 16.4. The van der Waals surface area contributed by atoms with E-state index in [1.807, 2.05) is 0 Å². The molecule has 0 N–H and O–H groups in total. The second-order valence-corrected chi connectivity index (χ2v) is 7.16. The van der Waals surface area contributed by atoms with E-state index >= 15 is 0 Å². The third-order valence-corrected chi connectivity index (χ3v) is 5.47. The fourth-order valence-electron chi connectivity index (χ4n) is 0.681. The summed E-state index contributed by atoms with van der Waals surface area (Å²) in [6, 6.07) is 0. The molecule has 7 heteroatoms. The zero-order valence-corrected chi connectivity index (χ0v) is 10.3. The van der Waals surface area contributed by atoms with Gasteiger partial charge in [0.25, 0.3) is 0 Å². The maximum absolute atomic E-state index is 11.5. The molecule has 0 saturated heterocycles. The lowest BCUT2D eigenvalue weighted by Gasteiger charge is -2.23. The molecule has 0 radical (unpaired) electrons. The molecule has 1 unspecified atom stereocenters. The zero-order valence-electron chi connectivity index (χ0n) is 6.35. The minimum atomic E-state index is -2.91. The summed E-state index contributed by atoms with van der Waals surface area (Å²) in [5.74, 6) is 0.731. The molecule has 0 aliphatic rings. The number of hydrogen-bond donors (Lipinski definition) is 0. The van der Waals surface area contributed by atoms with Crippen LogP contribution in [0.15, 0.2) is 0 Å². The van der Waals surface area contributed by atoms with E-state index in [1.54, 1.807) is 0 Å². The van der Waals surface area contributed by atoms with Crippen molar-refractivity contribution in [3.8, 4) is 0 Å². The van der Waals surface area contributed by atoms with Gasteiger partial charge < -0.3 is 0 Å². The number of nitrogens with zero attached hydrogens (tertiary/aromatic N) is 1. The van der Waals surface area contributed by atoms with Gasteiger partial charge in [0.15, 0.2) is 0 Å². The topological polar surface area (TPSA) is 20.3 Å². The van der Waals surface area contributed by atoms with Gasteiger partial charge in [0, 0.05) is 24.8 Å². The van der Waals surface area contributed by atoms with E-state index in [9.17, 15) is 4.57 Å². The fraction of sp³-hybridized carbons (Fsp3) is 1.00. The fourth-order valence-corrected chi connectivity index (χ4v) is 3.18. The van der Waals surface area contributed by atoms with Crippen molar-refractivity contribution in [2.45, 2.75) is 0 Å². The molecule has 0 aliphatic carbocycles. The van der Waals surface area contributed by atoms with E-state index in [4.69, 9.17) is 46.0 Å². The molecule has 0 spiro atoms. The Bertz CT molecular complexity index is 162. The molecule has 0 aromatic carbocycles. The second-order valence-electron chi connectivity index (χ2n) is 2.07. The standard InChI is InChI=1S/C5H10Cl4NOP/c6-1-3-10(4-2-7)12(9,11)5-8/h1-5H2. The van der Waals surface area contributed by atoms with Gasteiger partial charge >= 0.3 is 0 Å². The second kappa shape index (κ2) is 6.75. The quantitative estimate of drug-likeness (QED) is 0.546. The van der Waals surface area contributed by atoms with Gasteiger partial charge in [0.2, 0.25) is 6.65 Å². The first kappa shape index (κ1) is 13.4. The average Bonchev–Trinajstić information content (AvgIpc) is 2.04. The molecule has 0 bridgehead atoms. The molecule has 12 heavy (non-hydrogen) atoms. The minimum Gasteiger partial charge on any atom is -0.288 e. The molecule has 1 atom stereocenters. The smallest absolute Gasteiger partial charge is 0.249 e. The Kier molecular flexibility index (Phi) is 7.51. The van der Waals surface area contributed by atoms with Crippen molar-refractivity contribution in [3.05, 3.63) is 0 Å². The summed E-state index contributed by atoms with van der Waals surface area (Å²) in [5.41, 5.74) is -0.0810. The van der Waals surface area contributed by atoms with Crippen LogP contribution in [0, 0.1) is 0 Å². The van der Waals surface area contributed by atoms with Gasteiger partial charge in [0.1, 0.15) is 5.62 Å². The number of hydrogen-bond acceptors (Lipinski definition) is 1. The molecular formula is C5H10Cl4NOP. The molecule has 0 heterocycles. The molecule has 0 fully saturated rings. The van der Waals surface area contributed by atoms with Gasteiger partial charge in [-0.05, 0) is 11.2 Å². The first-order valence-electron chi connectivity index (χ1n) is 3.30. The lowest BCUT2D eigenvalue weighted by atomic mass is 10.6. The Hall–Kier alpha value is 1.35. The summed E-state index contributed by atoms with van der Waals surface area (Å²) in [7, 11) is 0. The van der Waals surface area contributed by atoms with Gasteiger partial charge in [-0.15, -0.1) is 34.8 Å². The van der Waals surface area contributed by atoms with Crippen LogP contribution in [0.3, 0.4) is 0 Å². The molecule has 0 amide bonds. The van der Waals surface area contributed by atoms with Crippen LogP contribution in [-0.4, -0.2) is 35.1 Å². The average molecular weight is 273 g/mol. The van der Waals surface area contributed by atoms with E-state index in [2.05, 4.69) is 0 Å². The van der Waals surface area contributed by atoms with Crippen molar-refractivity contribution < 1.29 is 4.57 Å². The summed E-state index contributed by atoms with van der Waals surface area (Å²) >= 11 is 22.1. The summed E-state index contributed by atoms with van der Waals surface area (Å²) in [6.45, 7) is -2.02. The van der Waals surface area contributed by atoms with Crippen molar-refractivity contribution in [1.82, 2.24) is 4.67 Å². The van der Waals surface area contributed by atoms with E-state index in [0.29, 0.717) is 24.8 Å². The summed E-state index contributed by atoms with van der Waals surface area (Å²) in [4.78, 5) is 0. The molecule has 0 rings (SSSR count). The van der Waals surface area contributed by atoms with Crippen LogP contribution >= 0.6 is 52.7 Å². The first-order valence-corrected chi connectivity index (χ1v) is 7.66. The minimum absolute atomic E-state index is 0.0810. The Morgan fingerprint density at radius 2 is 1.50 bits per heavy atom. The van der Waals surface area contributed by atoms with Crippen molar-refractivity contribution >= 4 is 52.7 Å². The lowest BCUT2D eigenvalue weighted by molar-refractivity contribution is 0.461. The highest BCUT2D eigenvalue weighted by molar-refractivity contribution is 7.88. The Morgan fingerprint density at radius 1 is 1.08 bits per heavy atom. The molecule has 74 valence electrons. The summed E-state index contributed by atoms with van der Waals surface area (Å²) < 4.78 is 13.0. The predicted octanol–water partition coefficient (Wildman–Crippen LogP) is 3.39. The van der Waals surface area contributed by atoms with Gasteiger partial charge in [0.05, 0.1) is 0 Å². The maximum atomic E-state index is 11.5. The van der Waals surface area contributed by atoms with E-state index < -0.39 is 6.65 Å². The van der Waals surface area contributed by atoms with Crippen LogP contribution in [0.5, 0.6) is 0 Å². The molecule has 0 aromatic heterocycles. The van der Waals surface area contributed by atoms with Gasteiger partial charge in [-0.25, -0.2) is 4.67 Å². The monoisotopic (exact) mass is 271 g/mol. The van der Waals surface area contributed by atoms with Gasteiger partial charge in [-0.1, -0.05) is 0 Å². The zero-order chi connectivity index (χ0) is 9.61. The van der Waals surface area contributed by atoms with Crippen LogP contribution in [-0.2, 0) is 4.57 Å². The summed E-state index contributed by atoms with van der Waals surface area (Å²) in [6.07, 6.45) is 0. The number of alkyl halides is 3.